The summed E-state index contributed by atoms with van der Waals surface area (Å²) in [6.45, 7) is 0.799. The van der Waals surface area contributed by atoms with Crippen LogP contribution in [-0.2, 0) is 6.54 Å². The van der Waals surface area contributed by atoms with Gasteiger partial charge in [0.2, 0.25) is 0 Å². The minimum absolute atomic E-state index is 0.130. The minimum Gasteiger partial charge on any atom is -0.391 e. The Labute approximate surface area is 101 Å². The molecule has 1 heterocycles. The summed E-state index contributed by atoms with van der Waals surface area (Å²) in [5.41, 5.74) is 0.981. The van der Waals surface area contributed by atoms with Gasteiger partial charge in [-0.1, -0.05) is 18.1 Å². The maximum atomic E-state index is 9.96. The van der Waals surface area contributed by atoms with Gasteiger partial charge in [0.1, 0.15) is 0 Å². The summed E-state index contributed by atoms with van der Waals surface area (Å²) in [6, 6.07) is 0.825. The van der Waals surface area contributed by atoms with Crippen molar-refractivity contribution in [1.29, 1.82) is 0 Å². The third-order valence-electron chi connectivity index (χ3n) is 3.74. The lowest BCUT2D eigenvalue weighted by atomic mass is 9.93. The van der Waals surface area contributed by atoms with Gasteiger partial charge in [-0.15, -0.1) is 5.10 Å². The molecule has 0 amide bonds. The zero-order valence-electron chi connectivity index (χ0n) is 10.0. The lowest BCUT2D eigenvalue weighted by Gasteiger charge is -2.27. The van der Waals surface area contributed by atoms with E-state index in [0.29, 0.717) is 6.04 Å². The summed E-state index contributed by atoms with van der Waals surface area (Å²) in [4.78, 5) is 0. The summed E-state index contributed by atoms with van der Waals surface area (Å²) >= 11 is 0. The van der Waals surface area contributed by atoms with Gasteiger partial charge in [-0.25, -0.2) is 4.68 Å². The topological polar surface area (TPSA) is 63.0 Å². The lowest BCUT2D eigenvalue weighted by Crippen LogP contribution is -2.28. The highest BCUT2D eigenvalue weighted by Crippen LogP contribution is 2.28. The highest BCUT2D eigenvalue weighted by molar-refractivity contribution is 4.96. The molecule has 2 atom stereocenters. The van der Waals surface area contributed by atoms with Gasteiger partial charge in [0.25, 0.3) is 0 Å². The second-order valence-electron chi connectivity index (χ2n) is 5.26. The molecule has 0 saturated heterocycles. The molecule has 2 aliphatic rings. The summed E-state index contributed by atoms with van der Waals surface area (Å²) in [5.74, 6) is 0. The average Bonchev–Trinajstić information content (AvgIpc) is 3.06. The highest BCUT2D eigenvalue weighted by atomic mass is 16.3. The van der Waals surface area contributed by atoms with Crippen LogP contribution >= 0.6 is 0 Å². The molecule has 1 aromatic heterocycles. The SMILES string of the molecule is OC1CCCCC1n1cc(CNC2CC2)nn1. The van der Waals surface area contributed by atoms with E-state index in [1.54, 1.807) is 0 Å². The van der Waals surface area contributed by atoms with Gasteiger partial charge < -0.3 is 10.4 Å². The number of rotatable bonds is 4. The third kappa shape index (κ3) is 2.66. The maximum absolute atomic E-state index is 9.96. The van der Waals surface area contributed by atoms with Crippen LogP contribution in [0.4, 0.5) is 0 Å². The van der Waals surface area contributed by atoms with Crippen molar-refractivity contribution in [2.24, 2.45) is 0 Å². The molecular formula is C12H20N4O. The van der Waals surface area contributed by atoms with Crippen LogP contribution in [0.5, 0.6) is 0 Å². The minimum atomic E-state index is -0.255. The predicted octanol–water partition coefficient (Wildman–Crippen LogP) is 1.01. The van der Waals surface area contributed by atoms with Gasteiger partial charge in [-0.05, 0) is 25.7 Å². The smallest absolute Gasteiger partial charge is 0.0965 e. The van der Waals surface area contributed by atoms with Crippen LogP contribution in [0.2, 0.25) is 0 Å². The van der Waals surface area contributed by atoms with Crippen molar-refractivity contribution in [1.82, 2.24) is 20.3 Å². The van der Waals surface area contributed by atoms with Gasteiger partial charge in [0.05, 0.1) is 24.0 Å². The standard InChI is InChI=1S/C12H20N4O/c17-12-4-2-1-3-11(12)16-8-10(14-15-16)7-13-9-5-6-9/h8-9,11-13,17H,1-7H2. The molecule has 2 N–H and O–H groups in total. The first kappa shape index (κ1) is 11.2. The Balaban J connectivity index is 1.61. The number of aliphatic hydroxyl groups is 1. The van der Waals surface area contributed by atoms with E-state index in [9.17, 15) is 5.11 Å². The molecule has 1 aromatic rings. The van der Waals surface area contributed by atoms with E-state index in [1.165, 1.54) is 19.3 Å². The normalized spacial score (nSPS) is 29.5. The van der Waals surface area contributed by atoms with E-state index in [1.807, 2.05) is 10.9 Å². The monoisotopic (exact) mass is 236 g/mol. The van der Waals surface area contributed by atoms with Gasteiger partial charge in [-0.3, -0.25) is 0 Å². The van der Waals surface area contributed by atoms with Crippen LogP contribution in [0.1, 0.15) is 50.3 Å². The average molecular weight is 236 g/mol. The van der Waals surface area contributed by atoms with Crippen molar-refractivity contribution in [3.63, 3.8) is 0 Å². The number of hydrogen-bond donors (Lipinski definition) is 2. The fourth-order valence-corrected chi connectivity index (χ4v) is 2.49. The van der Waals surface area contributed by atoms with E-state index in [-0.39, 0.29) is 12.1 Å². The molecule has 17 heavy (non-hydrogen) atoms. The Morgan fingerprint density at radius 3 is 2.88 bits per heavy atom. The Kier molecular flexibility index (Phi) is 3.11. The first-order valence-corrected chi connectivity index (χ1v) is 6.65. The molecule has 2 saturated carbocycles. The highest BCUT2D eigenvalue weighted by Gasteiger charge is 2.26. The third-order valence-corrected chi connectivity index (χ3v) is 3.74. The van der Waals surface area contributed by atoms with E-state index in [0.717, 1.165) is 31.5 Å². The largest absolute Gasteiger partial charge is 0.391 e. The van der Waals surface area contributed by atoms with Crippen molar-refractivity contribution in [2.75, 3.05) is 0 Å². The van der Waals surface area contributed by atoms with Crippen molar-refractivity contribution >= 4 is 0 Å². The van der Waals surface area contributed by atoms with E-state index < -0.39 is 0 Å². The molecule has 2 fully saturated rings. The van der Waals surface area contributed by atoms with Crippen molar-refractivity contribution < 1.29 is 5.11 Å². The Morgan fingerprint density at radius 1 is 1.29 bits per heavy atom. The van der Waals surface area contributed by atoms with Gasteiger partial charge >= 0.3 is 0 Å². The Bertz CT molecular complexity index is 374. The first-order chi connectivity index (χ1) is 8.33. The summed E-state index contributed by atoms with van der Waals surface area (Å²) in [5, 5.41) is 21.7. The molecule has 0 aliphatic heterocycles. The van der Waals surface area contributed by atoms with E-state index in [4.69, 9.17) is 0 Å². The first-order valence-electron chi connectivity index (χ1n) is 6.65. The van der Waals surface area contributed by atoms with Gasteiger partial charge in [0, 0.05) is 12.6 Å². The van der Waals surface area contributed by atoms with E-state index >= 15 is 0 Å². The molecule has 2 unspecified atom stereocenters. The Hall–Kier alpha value is -0.940. The molecule has 0 radical (unpaired) electrons. The second-order valence-corrected chi connectivity index (χ2v) is 5.26. The van der Waals surface area contributed by atoms with Crippen LogP contribution in [0, 0.1) is 0 Å². The fourth-order valence-electron chi connectivity index (χ4n) is 2.49. The summed E-state index contributed by atoms with van der Waals surface area (Å²) < 4.78 is 1.85. The lowest BCUT2D eigenvalue weighted by molar-refractivity contribution is 0.0685. The van der Waals surface area contributed by atoms with Crippen LogP contribution < -0.4 is 5.32 Å². The molecule has 5 nitrogen and oxygen atoms in total. The van der Waals surface area contributed by atoms with Gasteiger partial charge in [0.15, 0.2) is 0 Å². The second kappa shape index (κ2) is 4.74. The van der Waals surface area contributed by atoms with Crippen molar-refractivity contribution in [3.8, 4) is 0 Å². The molecule has 2 aliphatic carbocycles. The number of aliphatic hydroxyl groups excluding tert-OH is 1. The van der Waals surface area contributed by atoms with Crippen LogP contribution in [0.15, 0.2) is 6.20 Å². The molecule has 0 spiro atoms. The van der Waals surface area contributed by atoms with Crippen LogP contribution in [0.25, 0.3) is 0 Å². The van der Waals surface area contributed by atoms with Gasteiger partial charge in [-0.2, -0.15) is 0 Å². The number of aromatic nitrogens is 3. The molecule has 0 aromatic carbocycles. The number of hydrogen-bond acceptors (Lipinski definition) is 4. The Morgan fingerprint density at radius 2 is 2.12 bits per heavy atom. The zero-order chi connectivity index (χ0) is 11.7. The van der Waals surface area contributed by atoms with Crippen molar-refractivity contribution in [2.45, 2.75) is 63.3 Å². The summed E-state index contributed by atoms with van der Waals surface area (Å²) in [6.07, 6.45) is 8.51. The number of nitrogens with zero attached hydrogens (tertiary/aromatic N) is 3. The maximum Gasteiger partial charge on any atom is 0.0965 e. The molecule has 94 valence electrons. The quantitative estimate of drug-likeness (QED) is 0.819. The molecular weight excluding hydrogens is 216 g/mol. The summed E-state index contributed by atoms with van der Waals surface area (Å²) in [7, 11) is 0. The molecule has 5 heteroatoms. The fraction of sp³-hybridized carbons (Fsp3) is 0.833. The van der Waals surface area contributed by atoms with Crippen molar-refractivity contribution in [3.05, 3.63) is 11.9 Å². The predicted molar refractivity (Wildman–Crippen MR) is 63.4 cm³/mol. The number of nitrogens with one attached hydrogen (secondary N) is 1. The molecule has 3 rings (SSSR count). The molecule has 0 bridgehead atoms. The van der Waals surface area contributed by atoms with Crippen LogP contribution in [-0.4, -0.2) is 32.2 Å². The van der Waals surface area contributed by atoms with E-state index in [2.05, 4.69) is 15.6 Å². The van der Waals surface area contributed by atoms with Crippen LogP contribution in [0.3, 0.4) is 0 Å². The zero-order valence-corrected chi connectivity index (χ0v) is 10.0.